The van der Waals surface area contributed by atoms with E-state index in [2.05, 4.69) is 20.3 Å². The lowest BCUT2D eigenvalue weighted by Crippen LogP contribution is -2.59. The van der Waals surface area contributed by atoms with Crippen molar-refractivity contribution in [1.82, 2.24) is 25.2 Å². The van der Waals surface area contributed by atoms with Gasteiger partial charge in [-0.2, -0.15) is 0 Å². The lowest BCUT2D eigenvalue weighted by Gasteiger charge is -2.32. The van der Waals surface area contributed by atoms with Crippen molar-refractivity contribution in [1.29, 1.82) is 0 Å². The summed E-state index contributed by atoms with van der Waals surface area (Å²) in [5, 5.41) is 16.3. The highest BCUT2D eigenvalue weighted by Gasteiger charge is 2.63. The molecule has 1 aromatic heterocycles. The SMILES string of the molecule is COc1ccc2c(O[C@@H]3C[C@H]4C(=O)N[C@]5(C(=O)NS(=O)(=O)C6(C)CC6)C[C@H]5/C=C\CO[C@@H](C)C[C@@H](C)[C@H](NC(=O)O)C(=O)N4C3)nccc2c1. The van der Waals surface area contributed by atoms with E-state index in [0.717, 1.165) is 5.39 Å². The largest absolute Gasteiger partial charge is 0.497 e. The van der Waals surface area contributed by atoms with E-state index in [1.54, 1.807) is 57.5 Å². The Morgan fingerprint density at radius 2 is 1.92 bits per heavy atom. The molecule has 2 aliphatic carbocycles. The number of fused-ring (bicyclic) bond motifs is 3. The Morgan fingerprint density at radius 3 is 2.62 bits per heavy atom. The molecule has 15 nitrogen and oxygen atoms in total. The van der Waals surface area contributed by atoms with E-state index in [4.69, 9.17) is 14.2 Å². The predicted molar refractivity (Wildman–Crippen MR) is 180 cm³/mol. The van der Waals surface area contributed by atoms with Gasteiger partial charge in [0.2, 0.25) is 27.7 Å². The van der Waals surface area contributed by atoms with Gasteiger partial charge in [-0.3, -0.25) is 19.1 Å². The number of hydrogen-bond donors (Lipinski definition) is 4. The van der Waals surface area contributed by atoms with E-state index in [-0.39, 0.29) is 38.0 Å². The van der Waals surface area contributed by atoms with E-state index in [1.165, 1.54) is 4.90 Å². The fraction of sp³-hybridized carbons (Fsp3) is 0.559. The number of nitrogens with zero attached hydrogens (tertiary/aromatic N) is 2. The molecule has 1 saturated heterocycles. The van der Waals surface area contributed by atoms with Gasteiger partial charge in [-0.05, 0) is 75.1 Å². The summed E-state index contributed by atoms with van der Waals surface area (Å²) in [6.07, 6.45) is 3.76. The maximum atomic E-state index is 14.3. The smallest absolute Gasteiger partial charge is 0.405 e. The number of aromatic nitrogens is 1. The lowest BCUT2D eigenvalue weighted by molar-refractivity contribution is -0.142. The number of rotatable bonds is 7. The first-order chi connectivity index (χ1) is 23.7. The second-order valence-corrected chi connectivity index (χ2v) is 16.2. The van der Waals surface area contributed by atoms with Gasteiger partial charge in [-0.1, -0.05) is 19.1 Å². The minimum Gasteiger partial charge on any atom is -0.497 e. The molecule has 1 aromatic carbocycles. The van der Waals surface area contributed by atoms with Gasteiger partial charge < -0.3 is 34.9 Å². The maximum absolute atomic E-state index is 14.3. The van der Waals surface area contributed by atoms with Crippen LogP contribution in [0.2, 0.25) is 0 Å². The molecule has 3 fully saturated rings. The minimum absolute atomic E-state index is 0.00590. The predicted octanol–water partition coefficient (Wildman–Crippen LogP) is 2.10. The summed E-state index contributed by atoms with van der Waals surface area (Å²) < 4.78 is 44.8. The molecule has 50 heavy (non-hydrogen) atoms. The van der Waals surface area contributed by atoms with Gasteiger partial charge in [0.25, 0.3) is 5.91 Å². The number of carboxylic acid groups (broad SMARTS) is 1. The molecule has 0 bridgehead atoms. The van der Waals surface area contributed by atoms with Crippen LogP contribution in [0.4, 0.5) is 4.79 Å². The van der Waals surface area contributed by atoms with Crippen LogP contribution < -0.4 is 24.8 Å². The molecule has 270 valence electrons. The van der Waals surface area contributed by atoms with Gasteiger partial charge in [0.15, 0.2) is 0 Å². The molecule has 3 heterocycles. The zero-order valence-electron chi connectivity index (χ0n) is 28.4. The van der Waals surface area contributed by atoms with E-state index in [1.807, 2.05) is 13.0 Å². The number of carbonyl (C=O) groups is 4. The molecular formula is C34H43N5O10S. The Morgan fingerprint density at radius 1 is 1.16 bits per heavy atom. The number of amides is 4. The van der Waals surface area contributed by atoms with Crippen molar-refractivity contribution in [3.05, 3.63) is 42.6 Å². The zero-order chi connectivity index (χ0) is 36.0. The van der Waals surface area contributed by atoms with Crippen molar-refractivity contribution in [2.45, 2.75) is 87.5 Å². The molecule has 4 amide bonds. The van der Waals surface area contributed by atoms with Gasteiger partial charge in [-0.15, -0.1) is 0 Å². The Hall–Kier alpha value is -4.44. The van der Waals surface area contributed by atoms with E-state index >= 15 is 0 Å². The van der Waals surface area contributed by atoms with Crippen LogP contribution in [-0.4, -0.2) is 102 Å². The molecule has 4 aliphatic rings. The van der Waals surface area contributed by atoms with Crippen LogP contribution in [0.5, 0.6) is 11.6 Å². The van der Waals surface area contributed by atoms with Crippen LogP contribution >= 0.6 is 0 Å². The summed E-state index contributed by atoms with van der Waals surface area (Å²) in [6, 6.07) is 4.76. The summed E-state index contributed by atoms with van der Waals surface area (Å²) >= 11 is 0. The van der Waals surface area contributed by atoms with Crippen molar-refractivity contribution in [3.8, 4) is 11.6 Å². The number of benzene rings is 1. The number of pyridine rings is 1. The van der Waals surface area contributed by atoms with Gasteiger partial charge in [0.05, 0.1) is 31.1 Å². The summed E-state index contributed by atoms with van der Waals surface area (Å²) in [6.45, 7) is 5.17. The number of hydrogen-bond acceptors (Lipinski definition) is 10. The molecule has 0 unspecified atom stereocenters. The van der Waals surface area contributed by atoms with Crippen molar-refractivity contribution >= 4 is 44.6 Å². The molecule has 2 aliphatic heterocycles. The lowest BCUT2D eigenvalue weighted by atomic mass is 9.94. The maximum Gasteiger partial charge on any atom is 0.405 e. The van der Waals surface area contributed by atoms with Crippen molar-refractivity contribution in [2.24, 2.45) is 11.8 Å². The van der Waals surface area contributed by atoms with Crippen LogP contribution in [0, 0.1) is 11.8 Å². The van der Waals surface area contributed by atoms with Gasteiger partial charge in [0, 0.05) is 23.9 Å². The summed E-state index contributed by atoms with van der Waals surface area (Å²) in [5.41, 5.74) is -1.59. The van der Waals surface area contributed by atoms with E-state index in [0.29, 0.717) is 30.4 Å². The molecule has 6 rings (SSSR count). The number of nitrogens with one attached hydrogen (secondary N) is 3. The average molecular weight is 714 g/mol. The van der Waals surface area contributed by atoms with E-state index in [9.17, 15) is 32.7 Å². The average Bonchev–Trinajstić information content (AvgIpc) is 3.95. The van der Waals surface area contributed by atoms with Gasteiger partial charge in [-0.25, -0.2) is 18.2 Å². The highest BCUT2D eigenvalue weighted by molar-refractivity contribution is 7.91. The van der Waals surface area contributed by atoms with Crippen LogP contribution in [0.3, 0.4) is 0 Å². The third-order valence-electron chi connectivity index (χ3n) is 10.3. The molecule has 4 N–H and O–H groups in total. The second kappa shape index (κ2) is 13.4. The molecular weight excluding hydrogens is 670 g/mol. The van der Waals surface area contributed by atoms with Crippen molar-refractivity contribution < 1.29 is 46.9 Å². The van der Waals surface area contributed by atoms with Gasteiger partial charge in [0.1, 0.15) is 29.5 Å². The van der Waals surface area contributed by atoms with Gasteiger partial charge >= 0.3 is 6.09 Å². The molecule has 7 atom stereocenters. The first-order valence-electron chi connectivity index (χ1n) is 16.7. The quantitative estimate of drug-likeness (QED) is 0.306. The molecule has 2 saturated carbocycles. The first-order valence-corrected chi connectivity index (χ1v) is 18.2. The molecule has 0 radical (unpaired) electrons. The van der Waals surface area contributed by atoms with Crippen LogP contribution in [0.1, 0.15) is 52.9 Å². The van der Waals surface area contributed by atoms with Crippen molar-refractivity contribution in [2.75, 3.05) is 20.3 Å². The van der Waals surface area contributed by atoms with E-state index < -0.39 is 74.1 Å². The Balaban J connectivity index is 1.33. The van der Waals surface area contributed by atoms with Crippen LogP contribution in [0.25, 0.3) is 10.8 Å². The summed E-state index contributed by atoms with van der Waals surface area (Å²) in [7, 11) is -2.46. The Labute approximate surface area is 290 Å². The van der Waals surface area contributed by atoms with Crippen LogP contribution in [-0.2, 0) is 29.1 Å². The highest BCUT2D eigenvalue weighted by Crippen LogP contribution is 2.47. The Kier molecular flexibility index (Phi) is 9.45. The second-order valence-electron chi connectivity index (χ2n) is 14.1. The fourth-order valence-corrected chi connectivity index (χ4v) is 8.19. The standard InChI is InChI=1S/C34H43N5O10S/c1-19-14-20(2)48-13-5-6-22-17-34(22,31(42)38-50(45,46)33(3)10-11-33)37-28(40)26-16-24(18-39(26)30(41)27(19)36-32(43)44)49-29-25-8-7-23(47-4)15-21(25)9-12-35-29/h5-9,12,15,19-20,22,24,26-27,36H,10-11,13-14,16-18H2,1-4H3,(H,37,40)(H,38,42)(H,43,44)/b6-5-/t19-,20+,22-,24-,26+,27+,34-/m1/s1. The monoisotopic (exact) mass is 713 g/mol. The summed E-state index contributed by atoms with van der Waals surface area (Å²) in [4.78, 5) is 59.8. The third-order valence-corrected chi connectivity index (χ3v) is 12.5. The third kappa shape index (κ3) is 6.95. The zero-order valence-corrected chi connectivity index (χ0v) is 29.2. The minimum atomic E-state index is -4.02. The molecule has 16 heteroatoms. The fourth-order valence-electron chi connectivity index (χ4n) is 6.87. The number of sulfonamides is 1. The number of methoxy groups -OCH3 is 1. The highest BCUT2D eigenvalue weighted by atomic mass is 32.2. The topological polar surface area (TPSA) is 203 Å². The molecule has 2 aromatic rings. The van der Waals surface area contributed by atoms with Crippen LogP contribution in [0.15, 0.2) is 42.6 Å². The first kappa shape index (κ1) is 35.4. The Bertz CT molecular complexity index is 1830. The number of carbonyl (C=O) groups excluding carboxylic acids is 3. The number of ether oxygens (including phenoxy) is 3. The normalized spacial score (nSPS) is 31.6. The molecule has 0 spiro atoms. The van der Waals surface area contributed by atoms with Crippen molar-refractivity contribution in [3.63, 3.8) is 0 Å². The summed E-state index contributed by atoms with van der Waals surface area (Å²) in [5.74, 6) is -2.34.